The average Bonchev–Trinajstić information content (AvgIpc) is 3.08. The van der Waals surface area contributed by atoms with E-state index in [1.807, 2.05) is 32.7 Å². The van der Waals surface area contributed by atoms with Crippen LogP contribution < -0.4 is 9.46 Å². The van der Waals surface area contributed by atoms with Gasteiger partial charge < -0.3 is 9.64 Å². The number of nitrogens with zero attached hydrogens (tertiary/aromatic N) is 1. The molecule has 1 fully saturated rings. The van der Waals surface area contributed by atoms with Crippen LogP contribution >= 0.6 is 0 Å². The van der Waals surface area contributed by atoms with Gasteiger partial charge in [0.2, 0.25) is 0 Å². The second kappa shape index (κ2) is 8.59. The van der Waals surface area contributed by atoms with Gasteiger partial charge in [0, 0.05) is 19.2 Å². The monoisotopic (exact) mass is 470 g/mol. The van der Waals surface area contributed by atoms with E-state index in [1.165, 1.54) is 0 Å². The van der Waals surface area contributed by atoms with Gasteiger partial charge in [0.25, 0.3) is 10.0 Å². The van der Waals surface area contributed by atoms with Gasteiger partial charge in [0.05, 0.1) is 16.1 Å². The first-order valence-corrected chi connectivity index (χ1v) is 11.9. The molecule has 0 bridgehead atoms. The lowest BCUT2D eigenvalue weighted by Gasteiger charge is -2.21. The molecule has 1 N–H and O–H groups in total. The quantitative estimate of drug-likeness (QED) is 0.658. The topological polar surface area (TPSA) is 58.6 Å². The standard InChI is InChI=1S/C23H29F3N2O3S/c1-13-14(2)16(4)22(17(5)15(13)3)32(29,30)27-18-7-8-20(23(24,25)26)21(11-18)31-19-9-10-28(6)12-19/h7-8,11,19,27H,9-10,12H2,1-6H3/t19-/m1/s1. The highest BCUT2D eigenvalue weighted by Gasteiger charge is 2.36. The summed E-state index contributed by atoms with van der Waals surface area (Å²) in [7, 11) is -2.16. The molecule has 3 rings (SSSR count). The normalized spacial score (nSPS) is 17.6. The summed E-state index contributed by atoms with van der Waals surface area (Å²) in [5.74, 6) is -0.372. The molecule has 2 aromatic rings. The van der Waals surface area contributed by atoms with Gasteiger partial charge in [-0.3, -0.25) is 4.72 Å². The van der Waals surface area contributed by atoms with Crippen LogP contribution in [0, 0.1) is 34.6 Å². The molecule has 1 aliphatic heterocycles. The predicted molar refractivity (Wildman–Crippen MR) is 119 cm³/mol. The van der Waals surface area contributed by atoms with Crippen molar-refractivity contribution in [3.05, 3.63) is 51.6 Å². The maximum Gasteiger partial charge on any atom is 0.419 e. The molecule has 5 nitrogen and oxygen atoms in total. The molecule has 176 valence electrons. The molecular formula is C23H29F3N2O3S. The van der Waals surface area contributed by atoms with E-state index in [-0.39, 0.29) is 22.4 Å². The van der Waals surface area contributed by atoms with Crippen molar-refractivity contribution in [2.45, 2.75) is 58.2 Å². The van der Waals surface area contributed by atoms with E-state index in [9.17, 15) is 21.6 Å². The molecule has 0 aliphatic carbocycles. The Morgan fingerprint density at radius 1 is 1.00 bits per heavy atom. The van der Waals surface area contributed by atoms with Crippen molar-refractivity contribution >= 4 is 15.7 Å². The van der Waals surface area contributed by atoms with Gasteiger partial charge in [0.15, 0.2) is 0 Å². The minimum Gasteiger partial charge on any atom is -0.488 e. The van der Waals surface area contributed by atoms with Crippen molar-refractivity contribution < 1.29 is 26.3 Å². The maximum absolute atomic E-state index is 13.5. The number of nitrogens with one attached hydrogen (secondary N) is 1. The number of rotatable bonds is 5. The van der Waals surface area contributed by atoms with Crippen LogP contribution in [0.15, 0.2) is 23.1 Å². The van der Waals surface area contributed by atoms with Crippen LogP contribution in [0.2, 0.25) is 0 Å². The molecule has 1 heterocycles. The molecule has 1 aliphatic rings. The summed E-state index contributed by atoms with van der Waals surface area (Å²) in [5.41, 5.74) is 3.10. The van der Waals surface area contributed by atoms with Gasteiger partial charge in [-0.25, -0.2) is 8.42 Å². The van der Waals surface area contributed by atoms with Crippen LogP contribution in [-0.2, 0) is 16.2 Å². The van der Waals surface area contributed by atoms with Crippen molar-refractivity contribution in [2.24, 2.45) is 0 Å². The van der Waals surface area contributed by atoms with Gasteiger partial charge in [-0.05, 0) is 88.0 Å². The van der Waals surface area contributed by atoms with Crippen LogP contribution in [0.3, 0.4) is 0 Å². The van der Waals surface area contributed by atoms with E-state index >= 15 is 0 Å². The van der Waals surface area contributed by atoms with Gasteiger partial charge in [-0.1, -0.05) is 0 Å². The van der Waals surface area contributed by atoms with E-state index in [2.05, 4.69) is 4.72 Å². The van der Waals surface area contributed by atoms with Crippen molar-refractivity contribution in [1.82, 2.24) is 4.90 Å². The number of ether oxygens (including phenoxy) is 1. The molecule has 0 radical (unpaired) electrons. The zero-order chi connectivity index (χ0) is 24.0. The van der Waals surface area contributed by atoms with Crippen LogP contribution in [0.1, 0.15) is 39.8 Å². The number of benzene rings is 2. The highest BCUT2D eigenvalue weighted by molar-refractivity contribution is 7.92. The maximum atomic E-state index is 13.5. The van der Waals surface area contributed by atoms with Gasteiger partial charge >= 0.3 is 6.18 Å². The summed E-state index contributed by atoms with van der Waals surface area (Å²) in [6.07, 6.45) is -4.40. The minimum atomic E-state index is -4.62. The fraction of sp³-hybridized carbons (Fsp3) is 0.478. The Kier molecular flexibility index (Phi) is 6.55. The number of likely N-dealkylation sites (N-methyl/N-ethyl adjacent to an activating group) is 1. The third-order valence-electron chi connectivity index (χ3n) is 6.38. The van der Waals surface area contributed by atoms with Gasteiger partial charge in [-0.2, -0.15) is 13.2 Å². The third-order valence-corrected chi connectivity index (χ3v) is 8.04. The SMILES string of the molecule is Cc1c(C)c(C)c(S(=O)(=O)Nc2ccc(C(F)(F)F)c(O[C@@H]3CCN(C)C3)c2)c(C)c1C. The first-order chi connectivity index (χ1) is 14.7. The van der Waals surface area contributed by atoms with Crippen molar-refractivity contribution in [3.8, 4) is 5.75 Å². The predicted octanol–water partition coefficient (Wildman–Crippen LogP) is 5.13. The average molecular weight is 471 g/mol. The van der Waals surface area contributed by atoms with Crippen LogP contribution in [0.4, 0.5) is 18.9 Å². The van der Waals surface area contributed by atoms with Crippen molar-refractivity contribution in [1.29, 1.82) is 0 Å². The first kappa shape index (κ1) is 24.4. The van der Waals surface area contributed by atoms with Crippen LogP contribution in [0.5, 0.6) is 5.75 Å². The van der Waals surface area contributed by atoms with E-state index in [0.717, 1.165) is 41.4 Å². The zero-order valence-corrected chi connectivity index (χ0v) is 20.0. The molecule has 0 unspecified atom stereocenters. The summed E-state index contributed by atoms with van der Waals surface area (Å²) < 4.78 is 75.3. The summed E-state index contributed by atoms with van der Waals surface area (Å²) in [4.78, 5) is 2.12. The summed E-state index contributed by atoms with van der Waals surface area (Å²) in [6.45, 7) is 10.4. The molecule has 0 aromatic heterocycles. The second-order valence-corrected chi connectivity index (χ2v) is 10.2. The van der Waals surface area contributed by atoms with E-state index in [0.29, 0.717) is 24.1 Å². The number of alkyl halides is 3. The Balaban J connectivity index is 2.01. The molecule has 1 saturated heterocycles. The molecule has 0 spiro atoms. The highest BCUT2D eigenvalue weighted by Crippen LogP contribution is 2.39. The largest absolute Gasteiger partial charge is 0.488 e. The van der Waals surface area contributed by atoms with Crippen molar-refractivity contribution in [3.63, 3.8) is 0 Å². The molecular weight excluding hydrogens is 441 g/mol. The fourth-order valence-electron chi connectivity index (χ4n) is 4.16. The zero-order valence-electron chi connectivity index (χ0n) is 19.1. The summed E-state index contributed by atoms with van der Waals surface area (Å²) >= 11 is 0. The molecule has 32 heavy (non-hydrogen) atoms. The Morgan fingerprint density at radius 2 is 1.56 bits per heavy atom. The second-order valence-electron chi connectivity index (χ2n) is 8.56. The smallest absolute Gasteiger partial charge is 0.419 e. The van der Waals surface area contributed by atoms with Crippen LogP contribution in [0.25, 0.3) is 0 Å². The molecule has 1 atom stereocenters. The molecule has 9 heteroatoms. The Labute approximate surface area is 187 Å². The molecule has 2 aromatic carbocycles. The Morgan fingerprint density at radius 3 is 2.06 bits per heavy atom. The van der Waals surface area contributed by atoms with Gasteiger partial charge in [-0.15, -0.1) is 0 Å². The number of anilines is 1. The van der Waals surface area contributed by atoms with Gasteiger partial charge in [0.1, 0.15) is 11.9 Å². The highest BCUT2D eigenvalue weighted by atomic mass is 32.2. The Hall–Kier alpha value is -2.26. The minimum absolute atomic E-state index is 0.0223. The fourth-order valence-corrected chi connectivity index (χ4v) is 5.81. The number of hydrogen-bond acceptors (Lipinski definition) is 4. The molecule has 0 saturated carbocycles. The number of likely N-dealkylation sites (tertiary alicyclic amines) is 1. The number of halogens is 3. The lowest BCUT2D eigenvalue weighted by Crippen LogP contribution is -2.23. The summed E-state index contributed by atoms with van der Waals surface area (Å²) in [6, 6.07) is 3.10. The number of hydrogen-bond donors (Lipinski definition) is 1. The van der Waals surface area contributed by atoms with Crippen LogP contribution in [-0.4, -0.2) is 39.6 Å². The Bertz CT molecular complexity index is 1120. The van der Waals surface area contributed by atoms with E-state index in [4.69, 9.17) is 4.74 Å². The summed E-state index contributed by atoms with van der Waals surface area (Å²) in [5, 5.41) is 0. The lowest BCUT2D eigenvalue weighted by molar-refractivity contribution is -0.139. The van der Waals surface area contributed by atoms with E-state index in [1.54, 1.807) is 13.8 Å². The van der Waals surface area contributed by atoms with E-state index < -0.39 is 21.8 Å². The lowest BCUT2D eigenvalue weighted by atomic mass is 9.95. The van der Waals surface area contributed by atoms with Crippen molar-refractivity contribution in [2.75, 3.05) is 24.9 Å². The first-order valence-electron chi connectivity index (χ1n) is 10.4. The molecule has 0 amide bonds. The third kappa shape index (κ3) is 4.73. The number of sulfonamides is 1.